The van der Waals surface area contributed by atoms with Crippen molar-refractivity contribution in [2.24, 2.45) is 0 Å². The van der Waals surface area contributed by atoms with Gasteiger partial charge in [-0.3, -0.25) is 18.6 Å². The van der Waals surface area contributed by atoms with Gasteiger partial charge < -0.3 is 39.9 Å². The summed E-state index contributed by atoms with van der Waals surface area (Å²) in [7, 11) is -5.14. The predicted octanol–water partition coefficient (Wildman–Crippen LogP) is 9.28. The molecule has 0 heterocycles. The first kappa shape index (κ1) is 58.0. The lowest BCUT2D eigenvalue weighted by Crippen LogP contribution is -2.64. The molecule has 8 atom stereocenters. The molecule has 0 aromatic heterocycles. The van der Waals surface area contributed by atoms with E-state index in [1.807, 2.05) is 0 Å². The van der Waals surface area contributed by atoms with E-state index in [0.29, 0.717) is 12.8 Å². The van der Waals surface area contributed by atoms with E-state index in [2.05, 4.69) is 98.9 Å². The van der Waals surface area contributed by atoms with Crippen LogP contribution in [0.3, 0.4) is 0 Å². The van der Waals surface area contributed by atoms with Crippen molar-refractivity contribution in [2.75, 3.05) is 13.2 Å². The fourth-order valence-corrected chi connectivity index (χ4v) is 7.37. The topological polar surface area (TPSA) is 210 Å². The molecule has 0 amide bonds. The largest absolute Gasteiger partial charge is 0.472 e. The number of hydrogen-bond donors (Lipinski definition) is 6. The third-order valence-electron chi connectivity index (χ3n) is 10.2. The maximum absolute atomic E-state index is 12.8. The first-order valence-electron chi connectivity index (χ1n) is 23.4. The zero-order chi connectivity index (χ0) is 46.4. The summed E-state index contributed by atoms with van der Waals surface area (Å²) in [6, 6.07) is 0. The average Bonchev–Trinajstić information content (AvgIpc) is 3.26. The number of unbranched alkanes of at least 4 members (excludes halogenated alkanes) is 11. The van der Waals surface area contributed by atoms with Crippen molar-refractivity contribution in [3.8, 4) is 0 Å². The van der Waals surface area contributed by atoms with Crippen LogP contribution in [0.5, 0.6) is 0 Å². The first-order valence-corrected chi connectivity index (χ1v) is 24.9. The fraction of sp³-hybridized carbons (Fsp3) is 0.673. The quantitative estimate of drug-likeness (QED) is 0.0149. The molecule has 1 aliphatic carbocycles. The van der Waals surface area contributed by atoms with Gasteiger partial charge in [0.25, 0.3) is 0 Å². The van der Waals surface area contributed by atoms with E-state index < -0.39 is 75.7 Å². The summed E-state index contributed by atoms with van der Waals surface area (Å²) in [5.41, 5.74) is 0. The number of phosphoric ester groups is 1. The van der Waals surface area contributed by atoms with Crippen molar-refractivity contribution in [1.29, 1.82) is 0 Å². The number of aliphatic hydroxyl groups excluding tert-OH is 5. The third kappa shape index (κ3) is 30.7. The summed E-state index contributed by atoms with van der Waals surface area (Å²) in [6.07, 6.45) is 36.3. The van der Waals surface area contributed by atoms with Crippen LogP contribution < -0.4 is 0 Å². The van der Waals surface area contributed by atoms with Gasteiger partial charge >= 0.3 is 19.8 Å². The Labute approximate surface area is 378 Å². The van der Waals surface area contributed by atoms with E-state index in [-0.39, 0.29) is 12.8 Å². The molecule has 1 saturated carbocycles. The van der Waals surface area contributed by atoms with E-state index in [9.17, 15) is 44.6 Å². The summed E-state index contributed by atoms with van der Waals surface area (Å²) in [4.78, 5) is 35.7. The molecule has 13 nitrogen and oxygen atoms in total. The molecule has 1 fully saturated rings. The van der Waals surface area contributed by atoms with Gasteiger partial charge in [-0.1, -0.05) is 137 Å². The van der Waals surface area contributed by atoms with Crippen LogP contribution >= 0.6 is 7.82 Å². The van der Waals surface area contributed by atoms with E-state index in [0.717, 1.165) is 96.3 Å². The zero-order valence-corrected chi connectivity index (χ0v) is 39.0. The van der Waals surface area contributed by atoms with Gasteiger partial charge in [0.15, 0.2) is 6.10 Å². The first-order chi connectivity index (χ1) is 30.4. The molecule has 14 heteroatoms. The van der Waals surface area contributed by atoms with Gasteiger partial charge in [0.2, 0.25) is 0 Å². The van der Waals surface area contributed by atoms with Crippen molar-refractivity contribution >= 4 is 19.8 Å². The number of carbonyl (C=O) groups excluding carboxylic acids is 2. The van der Waals surface area contributed by atoms with Gasteiger partial charge in [0.1, 0.15) is 43.2 Å². The van der Waals surface area contributed by atoms with Crippen molar-refractivity contribution in [3.05, 3.63) is 85.1 Å². The Balaban J connectivity index is 2.51. The van der Waals surface area contributed by atoms with Crippen LogP contribution in [0.15, 0.2) is 85.1 Å². The SMILES string of the molecule is CCC/C=C/C/C=C/C/C=C/C/C=C/CCCCCC(=O)O[C@@H](COC(=O)CCCCCC/C=C/C/C=C/C/C=C/CCCCC)COP(=O)(O)OC1C(O)C(O)C(O)[C@H](O)C1O. The number of hydrogen-bond acceptors (Lipinski definition) is 12. The van der Waals surface area contributed by atoms with E-state index in [1.165, 1.54) is 19.3 Å². The monoisotopic (exact) mass is 909 g/mol. The highest BCUT2D eigenvalue weighted by Gasteiger charge is 2.51. The van der Waals surface area contributed by atoms with Gasteiger partial charge in [0.05, 0.1) is 6.61 Å². The normalized spacial score (nSPS) is 22.5. The molecule has 0 radical (unpaired) electrons. The fourth-order valence-electron chi connectivity index (χ4n) is 6.40. The minimum Gasteiger partial charge on any atom is -0.462 e. The molecule has 360 valence electrons. The van der Waals surface area contributed by atoms with Crippen LogP contribution in [-0.4, -0.2) is 98.3 Å². The lowest BCUT2D eigenvalue weighted by Gasteiger charge is -2.41. The molecule has 1 aliphatic rings. The Morgan fingerprint density at radius 1 is 0.492 bits per heavy atom. The average molecular weight is 909 g/mol. The predicted molar refractivity (Wildman–Crippen MR) is 248 cm³/mol. The van der Waals surface area contributed by atoms with Gasteiger partial charge in [-0.05, 0) is 89.9 Å². The maximum Gasteiger partial charge on any atom is 0.472 e. The standard InChI is InChI=1S/C49H81O13P/c1-3-5-7-9-11-13-15-17-19-21-23-25-27-29-31-33-35-37-42(50)59-39-41(40-60-63(57,58)62-49-47(55)45(53)44(52)46(54)48(49)56)61-43(51)38-36-34-32-30-28-26-24-22-20-18-16-14-12-10-8-6-4-2/h8,10-11,13-14,16-17,19-20,22-23,25-26,28,41,44-49,52-56H,3-7,9,12,15,18,21,24,27,29-40H2,1-2H3,(H,57,58)/b10-8+,13-11+,16-14+,19-17+,22-20+,25-23+,28-26+/t41-,44?,45-,46?,47?,48?,49?/m0/s1. The molecule has 63 heavy (non-hydrogen) atoms. The molecular formula is C49H81O13P. The maximum atomic E-state index is 12.8. The molecular weight excluding hydrogens is 828 g/mol. The number of carbonyl (C=O) groups is 2. The van der Waals surface area contributed by atoms with E-state index in [4.69, 9.17) is 18.5 Å². The molecule has 0 saturated heterocycles. The molecule has 0 bridgehead atoms. The van der Waals surface area contributed by atoms with Crippen molar-refractivity contribution < 1.29 is 63.1 Å². The summed E-state index contributed by atoms with van der Waals surface area (Å²) >= 11 is 0. The molecule has 6 unspecified atom stereocenters. The van der Waals surface area contributed by atoms with Gasteiger partial charge in [-0.25, -0.2) is 4.57 Å². The molecule has 6 N–H and O–H groups in total. The highest BCUT2D eigenvalue weighted by atomic mass is 31.2. The second-order valence-electron chi connectivity index (χ2n) is 15.9. The smallest absolute Gasteiger partial charge is 0.462 e. The van der Waals surface area contributed by atoms with Gasteiger partial charge in [-0.2, -0.15) is 0 Å². The van der Waals surface area contributed by atoms with E-state index in [1.54, 1.807) is 0 Å². The van der Waals surface area contributed by atoms with Crippen LogP contribution in [0.25, 0.3) is 0 Å². The van der Waals surface area contributed by atoms with Crippen molar-refractivity contribution in [1.82, 2.24) is 0 Å². The van der Waals surface area contributed by atoms with Crippen LogP contribution in [0.1, 0.15) is 155 Å². The lowest BCUT2D eigenvalue weighted by atomic mass is 9.85. The van der Waals surface area contributed by atoms with Crippen LogP contribution in [-0.2, 0) is 32.7 Å². The zero-order valence-electron chi connectivity index (χ0n) is 38.1. The van der Waals surface area contributed by atoms with Crippen LogP contribution in [0.4, 0.5) is 0 Å². The molecule has 1 rings (SSSR count). The van der Waals surface area contributed by atoms with Gasteiger partial charge in [-0.15, -0.1) is 0 Å². The van der Waals surface area contributed by atoms with E-state index >= 15 is 0 Å². The molecule has 0 spiro atoms. The third-order valence-corrected chi connectivity index (χ3v) is 11.2. The summed E-state index contributed by atoms with van der Waals surface area (Å²) < 4.78 is 33.5. The minimum atomic E-state index is -5.14. The highest BCUT2D eigenvalue weighted by molar-refractivity contribution is 7.47. The lowest BCUT2D eigenvalue weighted by molar-refractivity contribution is -0.220. The van der Waals surface area contributed by atoms with Crippen LogP contribution in [0, 0.1) is 0 Å². The van der Waals surface area contributed by atoms with Crippen molar-refractivity contribution in [3.63, 3.8) is 0 Å². The summed E-state index contributed by atoms with van der Waals surface area (Å²) in [5, 5.41) is 50.2. The Morgan fingerprint density at radius 2 is 0.889 bits per heavy atom. The minimum absolute atomic E-state index is 0.0490. The number of ether oxygens (including phenoxy) is 2. The summed E-state index contributed by atoms with van der Waals surface area (Å²) in [6.45, 7) is 3.14. The molecule has 0 aromatic rings. The number of esters is 2. The number of allylic oxidation sites excluding steroid dienone is 14. The molecule has 0 aliphatic heterocycles. The number of rotatable bonds is 37. The van der Waals surface area contributed by atoms with Crippen LogP contribution in [0.2, 0.25) is 0 Å². The Morgan fingerprint density at radius 3 is 1.37 bits per heavy atom. The Kier molecular flexibility index (Phi) is 35.3. The second kappa shape index (κ2) is 38.3. The Hall–Kier alpha value is -2.97. The highest BCUT2D eigenvalue weighted by Crippen LogP contribution is 2.47. The number of aliphatic hydroxyl groups is 5. The molecule has 0 aromatic carbocycles. The van der Waals surface area contributed by atoms with Gasteiger partial charge in [0, 0.05) is 12.8 Å². The number of phosphoric acid groups is 1. The Bertz CT molecular complexity index is 1420. The second-order valence-corrected chi connectivity index (χ2v) is 17.3. The van der Waals surface area contributed by atoms with Crippen molar-refractivity contribution in [2.45, 2.75) is 198 Å². The summed E-state index contributed by atoms with van der Waals surface area (Å²) in [5.74, 6) is -1.17.